The van der Waals surface area contributed by atoms with Crippen LogP contribution < -0.4 is 4.48 Å². The largest absolute Gasteiger partial charge is 0.298 e. The minimum Gasteiger partial charge on any atom is -0.298 e. The lowest BCUT2D eigenvalue weighted by Gasteiger charge is -2.23. The van der Waals surface area contributed by atoms with Gasteiger partial charge in [-0.2, -0.15) is 5.11 Å². The zero-order valence-electron chi connectivity index (χ0n) is 13.2. The number of azo groups is 1. The van der Waals surface area contributed by atoms with Crippen molar-refractivity contribution in [3.63, 3.8) is 0 Å². The third-order valence-corrected chi connectivity index (χ3v) is 3.66. The SMILES string of the molecule is C[N+](C)(C)c1ccc(N=Nc2cccc3ccccc23)cc1. The van der Waals surface area contributed by atoms with Crippen LogP contribution in [0.2, 0.25) is 0 Å². The summed E-state index contributed by atoms with van der Waals surface area (Å²) in [5, 5.41) is 11.1. The van der Waals surface area contributed by atoms with Crippen molar-refractivity contribution in [2.75, 3.05) is 21.1 Å². The summed E-state index contributed by atoms with van der Waals surface area (Å²) < 4.78 is 0.792. The highest BCUT2D eigenvalue weighted by Crippen LogP contribution is 2.28. The summed E-state index contributed by atoms with van der Waals surface area (Å²) in [6.45, 7) is 0. The van der Waals surface area contributed by atoms with E-state index < -0.39 is 0 Å². The monoisotopic (exact) mass is 290 g/mol. The van der Waals surface area contributed by atoms with E-state index in [4.69, 9.17) is 0 Å². The van der Waals surface area contributed by atoms with Gasteiger partial charge in [0, 0.05) is 17.5 Å². The Morgan fingerprint density at radius 3 is 2.09 bits per heavy atom. The fraction of sp³-hybridized carbons (Fsp3) is 0.158. The number of benzene rings is 3. The standard InChI is InChI=1S/C19H20N3/c1-22(2,3)17-13-11-16(12-14-17)20-21-19-10-6-8-15-7-4-5-9-18(15)19/h4-14H,1-3H3/q+1. The lowest BCUT2D eigenvalue weighted by molar-refractivity contribution is 0.486. The summed E-state index contributed by atoms with van der Waals surface area (Å²) >= 11 is 0. The maximum Gasteiger partial charge on any atom is 0.132 e. The molecule has 0 fully saturated rings. The molecule has 0 heterocycles. The van der Waals surface area contributed by atoms with Gasteiger partial charge in [-0.05, 0) is 23.6 Å². The van der Waals surface area contributed by atoms with Gasteiger partial charge in [-0.3, -0.25) is 4.48 Å². The third-order valence-electron chi connectivity index (χ3n) is 3.66. The molecule has 0 atom stereocenters. The van der Waals surface area contributed by atoms with E-state index in [1.807, 2.05) is 36.4 Å². The van der Waals surface area contributed by atoms with Gasteiger partial charge in [0.2, 0.25) is 0 Å². The Morgan fingerprint density at radius 1 is 0.682 bits per heavy atom. The molecule has 3 heteroatoms. The van der Waals surface area contributed by atoms with Crippen LogP contribution in [0.1, 0.15) is 0 Å². The van der Waals surface area contributed by atoms with Crippen molar-refractivity contribution in [1.29, 1.82) is 0 Å². The van der Waals surface area contributed by atoms with Gasteiger partial charge >= 0.3 is 0 Å². The van der Waals surface area contributed by atoms with Crippen LogP contribution in [0.25, 0.3) is 10.8 Å². The number of hydrogen-bond acceptors (Lipinski definition) is 2. The molecule has 0 amide bonds. The van der Waals surface area contributed by atoms with Crippen molar-refractivity contribution in [2.45, 2.75) is 0 Å². The molecule has 0 bridgehead atoms. The first-order chi connectivity index (χ1) is 10.5. The van der Waals surface area contributed by atoms with Crippen LogP contribution in [-0.2, 0) is 0 Å². The van der Waals surface area contributed by atoms with Crippen LogP contribution in [-0.4, -0.2) is 21.1 Å². The Bertz CT molecular complexity index is 807. The number of rotatable bonds is 3. The van der Waals surface area contributed by atoms with Crippen LogP contribution in [0.5, 0.6) is 0 Å². The lowest BCUT2D eigenvalue weighted by Crippen LogP contribution is -2.34. The molecule has 3 aromatic carbocycles. The Morgan fingerprint density at radius 2 is 1.36 bits per heavy atom. The molecule has 0 aliphatic heterocycles. The first kappa shape index (κ1) is 14.4. The lowest BCUT2D eigenvalue weighted by atomic mass is 10.1. The maximum atomic E-state index is 4.42. The van der Waals surface area contributed by atoms with Gasteiger partial charge in [0.15, 0.2) is 0 Å². The van der Waals surface area contributed by atoms with Gasteiger partial charge in [0.05, 0.1) is 32.5 Å². The highest BCUT2D eigenvalue weighted by atomic mass is 15.3. The summed E-state index contributed by atoms with van der Waals surface area (Å²) in [5.74, 6) is 0. The van der Waals surface area contributed by atoms with E-state index in [0.29, 0.717) is 0 Å². The van der Waals surface area contributed by atoms with E-state index in [1.54, 1.807) is 0 Å². The maximum absolute atomic E-state index is 4.42. The van der Waals surface area contributed by atoms with Crippen molar-refractivity contribution >= 4 is 27.8 Å². The Kier molecular flexibility index (Phi) is 3.73. The van der Waals surface area contributed by atoms with Crippen LogP contribution in [0.15, 0.2) is 77.0 Å². The van der Waals surface area contributed by atoms with Crippen molar-refractivity contribution in [3.05, 3.63) is 66.7 Å². The third kappa shape index (κ3) is 3.05. The highest BCUT2D eigenvalue weighted by molar-refractivity contribution is 5.92. The highest BCUT2D eigenvalue weighted by Gasteiger charge is 2.10. The summed E-state index contributed by atoms with van der Waals surface area (Å²) in [6.07, 6.45) is 0. The van der Waals surface area contributed by atoms with Gasteiger partial charge in [0.25, 0.3) is 0 Å². The minimum absolute atomic E-state index is 0.792. The minimum atomic E-state index is 0.792. The molecule has 0 N–H and O–H groups in total. The number of quaternary nitrogens is 1. The van der Waals surface area contributed by atoms with Crippen molar-refractivity contribution in [2.24, 2.45) is 10.2 Å². The molecule has 0 radical (unpaired) electrons. The molecular weight excluding hydrogens is 270 g/mol. The zero-order valence-corrected chi connectivity index (χ0v) is 13.2. The van der Waals surface area contributed by atoms with Gasteiger partial charge in [-0.15, -0.1) is 5.11 Å². The predicted molar refractivity (Wildman–Crippen MR) is 94.1 cm³/mol. The van der Waals surface area contributed by atoms with Crippen molar-refractivity contribution < 1.29 is 0 Å². The van der Waals surface area contributed by atoms with Crippen molar-refractivity contribution in [1.82, 2.24) is 4.48 Å². The molecule has 0 spiro atoms. The average Bonchev–Trinajstić information content (AvgIpc) is 2.52. The van der Waals surface area contributed by atoms with E-state index in [9.17, 15) is 0 Å². The molecule has 0 unspecified atom stereocenters. The van der Waals surface area contributed by atoms with E-state index in [-0.39, 0.29) is 0 Å². The van der Waals surface area contributed by atoms with Gasteiger partial charge in [-0.1, -0.05) is 36.4 Å². The zero-order chi connectivity index (χ0) is 15.6. The molecule has 22 heavy (non-hydrogen) atoms. The molecule has 0 aliphatic carbocycles. The molecule has 3 aromatic rings. The van der Waals surface area contributed by atoms with Gasteiger partial charge < -0.3 is 0 Å². The molecule has 0 saturated carbocycles. The first-order valence-electron chi connectivity index (χ1n) is 7.36. The molecule has 0 saturated heterocycles. The van der Waals surface area contributed by atoms with Crippen LogP contribution in [0.4, 0.5) is 17.1 Å². The molecule has 3 rings (SSSR count). The quantitative estimate of drug-likeness (QED) is 0.452. The molecule has 0 aromatic heterocycles. The van der Waals surface area contributed by atoms with E-state index >= 15 is 0 Å². The predicted octanol–water partition coefficient (Wildman–Crippen LogP) is 5.45. The second kappa shape index (κ2) is 5.70. The molecule has 3 nitrogen and oxygen atoms in total. The second-order valence-corrected chi connectivity index (χ2v) is 6.23. The Hall–Kier alpha value is -2.52. The average molecular weight is 290 g/mol. The fourth-order valence-corrected chi connectivity index (χ4v) is 2.37. The normalized spacial score (nSPS) is 12.1. The van der Waals surface area contributed by atoms with Gasteiger partial charge in [-0.25, -0.2) is 0 Å². The first-order valence-corrected chi connectivity index (χ1v) is 7.36. The number of nitrogens with zero attached hydrogens (tertiary/aromatic N) is 3. The van der Waals surface area contributed by atoms with Crippen molar-refractivity contribution in [3.8, 4) is 0 Å². The summed E-state index contributed by atoms with van der Waals surface area (Å²) in [7, 11) is 6.44. The van der Waals surface area contributed by atoms with Crippen LogP contribution in [0.3, 0.4) is 0 Å². The topological polar surface area (TPSA) is 24.7 Å². The van der Waals surface area contributed by atoms with E-state index in [1.165, 1.54) is 11.1 Å². The van der Waals surface area contributed by atoms with E-state index in [0.717, 1.165) is 21.2 Å². The number of hydrogen-bond donors (Lipinski definition) is 0. The van der Waals surface area contributed by atoms with Crippen LogP contribution >= 0.6 is 0 Å². The summed E-state index contributed by atoms with van der Waals surface area (Å²) in [4.78, 5) is 0. The summed E-state index contributed by atoms with van der Waals surface area (Å²) in [6, 6.07) is 22.5. The molecule has 0 aliphatic rings. The summed E-state index contributed by atoms with van der Waals surface area (Å²) in [5.41, 5.74) is 3.00. The van der Waals surface area contributed by atoms with Crippen LogP contribution in [0, 0.1) is 0 Å². The Labute approximate surface area is 131 Å². The molecular formula is C19H20N3+. The van der Waals surface area contributed by atoms with Gasteiger partial charge in [0.1, 0.15) is 5.69 Å². The Balaban J connectivity index is 1.90. The number of fused-ring (bicyclic) bond motifs is 1. The molecule has 110 valence electrons. The van der Waals surface area contributed by atoms with E-state index in [2.05, 4.69) is 61.7 Å². The smallest absolute Gasteiger partial charge is 0.132 e. The fourth-order valence-electron chi connectivity index (χ4n) is 2.37. The second-order valence-electron chi connectivity index (χ2n) is 6.23.